The molecule has 0 aromatic carbocycles. The fourth-order valence-corrected chi connectivity index (χ4v) is 1.10. The van der Waals surface area contributed by atoms with E-state index < -0.39 is 0 Å². The van der Waals surface area contributed by atoms with Gasteiger partial charge in [0, 0.05) is 12.7 Å². The van der Waals surface area contributed by atoms with Gasteiger partial charge in [-0.2, -0.15) is 0 Å². The summed E-state index contributed by atoms with van der Waals surface area (Å²) in [5, 5.41) is 5.69. The van der Waals surface area contributed by atoms with Crippen LogP contribution in [0, 0.1) is 6.92 Å². The van der Waals surface area contributed by atoms with Crippen molar-refractivity contribution < 1.29 is 4.79 Å². The summed E-state index contributed by atoms with van der Waals surface area (Å²) < 4.78 is 0. The van der Waals surface area contributed by atoms with Crippen LogP contribution < -0.4 is 10.6 Å². The number of pyridine rings is 1. The number of carbonyl (C=O) groups excluding carboxylic acids is 1. The molecule has 0 atom stereocenters. The lowest BCUT2D eigenvalue weighted by molar-refractivity contribution is -0.115. The normalized spacial score (nSPS) is 9.67. The first-order valence-corrected chi connectivity index (χ1v) is 4.77. The van der Waals surface area contributed by atoms with Crippen molar-refractivity contribution >= 4 is 11.6 Å². The largest absolute Gasteiger partial charge is 0.323 e. The number of rotatable bonds is 5. The Balaban J connectivity index is 2.44. The maximum absolute atomic E-state index is 11.4. The molecule has 2 N–H and O–H groups in total. The fraction of sp³-hybridized carbons (Fsp3) is 0.273. The minimum absolute atomic E-state index is 0.0760. The van der Waals surface area contributed by atoms with Crippen molar-refractivity contribution in [1.82, 2.24) is 10.3 Å². The number of hydrogen-bond acceptors (Lipinski definition) is 3. The van der Waals surface area contributed by atoms with Crippen molar-refractivity contribution in [2.75, 3.05) is 18.4 Å². The van der Waals surface area contributed by atoms with Crippen LogP contribution in [0.15, 0.2) is 31.0 Å². The Kier molecular flexibility index (Phi) is 4.50. The van der Waals surface area contributed by atoms with Gasteiger partial charge in [-0.1, -0.05) is 6.08 Å². The molecular weight excluding hydrogens is 190 g/mol. The van der Waals surface area contributed by atoms with Gasteiger partial charge in [0.15, 0.2) is 0 Å². The van der Waals surface area contributed by atoms with Crippen molar-refractivity contribution in [1.29, 1.82) is 0 Å². The monoisotopic (exact) mass is 205 g/mol. The van der Waals surface area contributed by atoms with E-state index in [1.807, 2.05) is 13.0 Å². The zero-order chi connectivity index (χ0) is 11.1. The number of aryl methyl sites for hydroxylation is 1. The zero-order valence-electron chi connectivity index (χ0n) is 8.79. The molecule has 4 heteroatoms. The second kappa shape index (κ2) is 5.93. The summed E-state index contributed by atoms with van der Waals surface area (Å²) in [5.41, 5.74) is 1.57. The molecule has 1 rings (SSSR count). The fourth-order valence-electron chi connectivity index (χ4n) is 1.10. The van der Waals surface area contributed by atoms with E-state index in [1.54, 1.807) is 18.3 Å². The molecule has 0 fully saturated rings. The Labute approximate surface area is 89.4 Å². The molecule has 0 spiro atoms. The van der Waals surface area contributed by atoms with Crippen molar-refractivity contribution in [2.45, 2.75) is 6.92 Å². The Morgan fingerprint density at radius 1 is 1.67 bits per heavy atom. The third kappa shape index (κ3) is 3.91. The van der Waals surface area contributed by atoms with Crippen molar-refractivity contribution in [3.05, 3.63) is 36.7 Å². The molecule has 0 aliphatic rings. The van der Waals surface area contributed by atoms with E-state index in [0.29, 0.717) is 6.54 Å². The van der Waals surface area contributed by atoms with Crippen LogP contribution in [-0.4, -0.2) is 24.0 Å². The molecule has 1 heterocycles. The Bertz CT molecular complexity index is 349. The molecule has 0 radical (unpaired) electrons. The van der Waals surface area contributed by atoms with E-state index in [4.69, 9.17) is 0 Å². The van der Waals surface area contributed by atoms with Crippen LogP contribution in [0.4, 0.5) is 5.69 Å². The van der Waals surface area contributed by atoms with Gasteiger partial charge >= 0.3 is 0 Å². The van der Waals surface area contributed by atoms with E-state index >= 15 is 0 Å². The highest BCUT2D eigenvalue weighted by Gasteiger charge is 2.03. The second-order valence-corrected chi connectivity index (χ2v) is 3.10. The first kappa shape index (κ1) is 11.4. The number of nitrogens with zero attached hydrogens (tertiary/aromatic N) is 1. The third-order valence-corrected chi connectivity index (χ3v) is 1.86. The summed E-state index contributed by atoms with van der Waals surface area (Å²) in [6.07, 6.45) is 3.41. The molecule has 1 aromatic heterocycles. The van der Waals surface area contributed by atoms with Gasteiger partial charge in [0.05, 0.1) is 17.9 Å². The average Bonchev–Trinajstić information content (AvgIpc) is 2.22. The predicted octanol–water partition coefficient (Wildman–Crippen LogP) is 1.10. The van der Waals surface area contributed by atoms with E-state index in [2.05, 4.69) is 22.2 Å². The SMILES string of the molecule is C=CCNCC(=O)Nc1cccnc1C. The van der Waals surface area contributed by atoms with Gasteiger partial charge in [0.25, 0.3) is 0 Å². The number of nitrogens with one attached hydrogen (secondary N) is 2. The van der Waals surface area contributed by atoms with Crippen LogP contribution in [0.25, 0.3) is 0 Å². The van der Waals surface area contributed by atoms with E-state index in [9.17, 15) is 4.79 Å². The number of carbonyl (C=O) groups is 1. The van der Waals surface area contributed by atoms with Gasteiger partial charge in [-0.25, -0.2) is 0 Å². The van der Waals surface area contributed by atoms with Crippen molar-refractivity contribution in [3.63, 3.8) is 0 Å². The molecular formula is C11H15N3O. The van der Waals surface area contributed by atoms with Crippen LogP contribution in [0.2, 0.25) is 0 Å². The van der Waals surface area contributed by atoms with Crippen LogP contribution in [0.3, 0.4) is 0 Å². The van der Waals surface area contributed by atoms with E-state index in [-0.39, 0.29) is 12.5 Å². The summed E-state index contributed by atoms with van der Waals surface area (Å²) in [6.45, 7) is 6.31. The first-order valence-electron chi connectivity index (χ1n) is 4.77. The van der Waals surface area contributed by atoms with Gasteiger partial charge in [0.1, 0.15) is 0 Å². The van der Waals surface area contributed by atoms with Crippen LogP contribution in [0.5, 0.6) is 0 Å². The lowest BCUT2D eigenvalue weighted by Crippen LogP contribution is -2.28. The maximum atomic E-state index is 11.4. The summed E-state index contributed by atoms with van der Waals surface area (Å²) in [6, 6.07) is 3.62. The third-order valence-electron chi connectivity index (χ3n) is 1.86. The smallest absolute Gasteiger partial charge is 0.238 e. The lowest BCUT2D eigenvalue weighted by Gasteiger charge is -2.07. The van der Waals surface area contributed by atoms with Gasteiger partial charge in [0.2, 0.25) is 5.91 Å². The standard InChI is InChI=1S/C11H15N3O/c1-3-6-12-8-11(15)14-10-5-4-7-13-9(10)2/h3-5,7,12H,1,6,8H2,2H3,(H,14,15). The summed E-state index contributed by atoms with van der Waals surface area (Å²) in [5.74, 6) is -0.0760. The number of anilines is 1. The minimum Gasteiger partial charge on any atom is -0.323 e. The molecule has 0 aliphatic heterocycles. The topological polar surface area (TPSA) is 54.0 Å². The van der Waals surface area contributed by atoms with E-state index in [1.165, 1.54) is 0 Å². The zero-order valence-corrected chi connectivity index (χ0v) is 8.79. The molecule has 0 saturated heterocycles. The number of amides is 1. The molecule has 4 nitrogen and oxygen atoms in total. The maximum Gasteiger partial charge on any atom is 0.238 e. The highest BCUT2D eigenvalue weighted by molar-refractivity contribution is 5.92. The van der Waals surface area contributed by atoms with E-state index in [0.717, 1.165) is 11.4 Å². The average molecular weight is 205 g/mol. The highest BCUT2D eigenvalue weighted by atomic mass is 16.1. The molecule has 0 aliphatic carbocycles. The minimum atomic E-state index is -0.0760. The lowest BCUT2D eigenvalue weighted by atomic mass is 10.3. The second-order valence-electron chi connectivity index (χ2n) is 3.10. The van der Waals surface area contributed by atoms with Gasteiger partial charge in [-0.3, -0.25) is 9.78 Å². The molecule has 0 unspecified atom stereocenters. The predicted molar refractivity (Wildman–Crippen MR) is 60.7 cm³/mol. The summed E-state index contributed by atoms with van der Waals surface area (Å²) >= 11 is 0. The first-order chi connectivity index (χ1) is 7.24. The van der Waals surface area contributed by atoms with Gasteiger partial charge in [-0.15, -0.1) is 6.58 Å². The Hall–Kier alpha value is -1.68. The molecule has 0 bridgehead atoms. The van der Waals surface area contributed by atoms with Crippen LogP contribution in [0.1, 0.15) is 5.69 Å². The Morgan fingerprint density at radius 2 is 2.47 bits per heavy atom. The molecule has 15 heavy (non-hydrogen) atoms. The van der Waals surface area contributed by atoms with Gasteiger partial charge < -0.3 is 10.6 Å². The van der Waals surface area contributed by atoms with Crippen LogP contribution in [-0.2, 0) is 4.79 Å². The quantitative estimate of drug-likeness (QED) is 0.559. The molecule has 1 aromatic rings. The summed E-state index contributed by atoms with van der Waals surface area (Å²) in [7, 11) is 0. The van der Waals surface area contributed by atoms with Crippen LogP contribution >= 0.6 is 0 Å². The Morgan fingerprint density at radius 3 is 3.13 bits per heavy atom. The molecule has 0 saturated carbocycles. The number of hydrogen-bond donors (Lipinski definition) is 2. The van der Waals surface area contributed by atoms with Gasteiger partial charge in [-0.05, 0) is 19.1 Å². The summed E-state index contributed by atoms with van der Waals surface area (Å²) in [4.78, 5) is 15.5. The molecule has 1 amide bonds. The molecule has 80 valence electrons. The van der Waals surface area contributed by atoms with Crippen molar-refractivity contribution in [3.8, 4) is 0 Å². The number of aromatic nitrogens is 1. The van der Waals surface area contributed by atoms with Crippen molar-refractivity contribution in [2.24, 2.45) is 0 Å². The highest BCUT2D eigenvalue weighted by Crippen LogP contribution is 2.09.